The number of fused-ring (bicyclic) bond motifs is 1. The van der Waals surface area contributed by atoms with Gasteiger partial charge < -0.3 is 19.3 Å². The standard InChI is InChI=1S/C17H24BNO4/c1-16(2)17(3,4)23-18(22-16)14-6-5-13-10-19(15(21)11-20)8-7-12(13)9-14/h5-6,9,20H,7-8,10-11H2,1-4H3. The first-order valence-electron chi connectivity index (χ1n) is 8.09. The predicted molar refractivity (Wildman–Crippen MR) is 88.4 cm³/mol. The van der Waals surface area contributed by atoms with Crippen molar-refractivity contribution in [1.82, 2.24) is 4.90 Å². The van der Waals surface area contributed by atoms with E-state index in [9.17, 15) is 4.79 Å². The molecule has 1 fully saturated rings. The number of carbonyl (C=O) groups excluding carboxylic acids is 1. The van der Waals surface area contributed by atoms with Gasteiger partial charge in [-0.05, 0) is 50.7 Å². The fourth-order valence-electron chi connectivity index (χ4n) is 3.01. The lowest BCUT2D eigenvalue weighted by Crippen LogP contribution is -2.41. The van der Waals surface area contributed by atoms with E-state index < -0.39 is 6.61 Å². The number of hydrogen-bond donors (Lipinski definition) is 1. The molecule has 1 aromatic rings. The maximum Gasteiger partial charge on any atom is 0.494 e. The molecule has 2 aliphatic rings. The first-order chi connectivity index (χ1) is 10.7. The van der Waals surface area contributed by atoms with Crippen molar-refractivity contribution in [2.45, 2.75) is 51.9 Å². The quantitative estimate of drug-likeness (QED) is 0.822. The molecule has 0 atom stereocenters. The fraction of sp³-hybridized carbons (Fsp3) is 0.588. The van der Waals surface area contributed by atoms with Crippen LogP contribution in [0.15, 0.2) is 18.2 Å². The summed E-state index contributed by atoms with van der Waals surface area (Å²) in [7, 11) is -0.359. The molecular formula is C17H24BNO4. The third kappa shape index (κ3) is 2.91. The molecular weight excluding hydrogens is 293 g/mol. The number of benzene rings is 1. The molecule has 1 N–H and O–H groups in total. The Balaban J connectivity index is 1.80. The largest absolute Gasteiger partial charge is 0.494 e. The minimum Gasteiger partial charge on any atom is -0.399 e. The lowest BCUT2D eigenvalue weighted by molar-refractivity contribution is -0.135. The number of carbonyl (C=O) groups is 1. The van der Waals surface area contributed by atoms with Crippen LogP contribution in [0.5, 0.6) is 0 Å². The van der Waals surface area contributed by atoms with Crippen molar-refractivity contribution in [2.24, 2.45) is 0 Å². The molecule has 0 saturated carbocycles. The highest BCUT2D eigenvalue weighted by molar-refractivity contribution is 6.62. The van der Waals surface area contributed by atoms with Crippen LogP contribution in [0.1, 0.15) is 38.8 Å². The summed E-state index contributed by atoms with van der Waals surface area (Å²) >= 11 is 0. The van der Waals surface area contributed by atoms with E-state index in [1.165, 1.54) is 5.56 Å². The van der Waals surface area contributed by atoms with Crippen LogP contribution in [-0.4, -0.2) is 47.4 Å². The van der Waals surface area contributed by atoms with E-state index in [0.29, 0.717) is 13.1 Å². The van der Waals surface area contributed by atoms with Crippen molar-refractivity contribution in [1.29, 1.82) is 0 Å². The highest BCUT2D eigenvalue weighted by Crippen LogP contribution is 2.36. The molecule has 0 unspecified atom stereocenters. The van der Waals surface area contributed by atoms with Crippen molar-refractivity contribution >= 4 is 18.5 Å². The van der Waals surface area contributed by atoms with Gasteiger partial charge in [-0.25, -0.2) is 0 Å². The van der Waals surface area contributed by atoms with E-state index in [1.54, 1.807) is 4.90 Å². The highest BCUT2D eigenvalue weighted by Gasteiger charge is 2.51. The average Bonchev–Trinajstić information content (AvgIpc) is 2.73. The molecule has 0 radical (unpaired) electrons. The van der Waals surface area contributed by atoms with Crippen LogP contribution in [0.2, 0.25) is 0 Å². The molecule has 1 saturated heterocycles. The lowest BCUT2D eigenvalue weighted by atomic mass is 9.77. The first-order valence-corrected chi connectivity index (χ1v) is 8.09. The Morgan fingerprint density at radius 1 is 1.22 bits per heavy atom. The zero-order valence-electron chi connectivity index (χ0n) is 14.3. The van der Waals surface area contributed by atoms with Gasteiger partial charge in [0.05, 0.1) is 11.2 Å². The number of aliphatic hydroxyl groups excluding tert-OH is 1. The van der Waals surface area contributed by atoms with Crippen LogP contribution in [0, 0.1) is 0 Å². The van der Waals surface area contributed by atoms with Gasteiger partial charge in [0.2, 0.25) is 5.91 Å². The highest BCUT2D eigenvalue weighted by atomic mass is 16.7. The van der Waals surface area contributed by atoms with Crippen LogP contribution in [0.4, 0.5) is 0 Å². The molecule has 3 rings (SSSR count). The average molecular weight is 317 g/mol. The maximum atomic E-state index is 11.6. The van der Waals surface area contributed by atoms with Gasteiger partial charge in [-0.1, -0.05) is 18.2 Å². The van der Waals surface area contributed by atoms with Crippen LogP contribution in [0.3, 0.4) is 0 Å². The summed E-state index contributed by atoms with van der Waals surface area (Å²) in [4.78, 5) is 13.3. The fourth-order valence-corrected chi connectivity index (χ4v) is 3.01. The molecule has 0 spiro atoms. The summed E-state index contributed by atoms with van der Waals surface area (Å²) in [6.07, 6.45) is 0.786. The smallest absolute Gasteiger partial charge is 0.399 e. The third-order valence-electron chi connectivity index (χ3n) is 5.26. The topological polar surface area (TPSA) is 59.0 Å². The van der Waals surface area contributed by atoms with Crippen molar-refractivity contribution in [3.63, 3.8) is 0 Å². The van der Waals surface area contributed by atoms with Crippen molar-refractivity contribution in [3.8, 4) is 0 Å². The van der Waals surface area contributed by atoms with Crippen LogP contribution in [-0.2, 0) is 27.1 Å². The Hall–Kier alpha value is -1.37. The minimum atomic E-state index is -0.429. The van der Waals surface area contributed by atoms with E-state index >= 15 is 0 Å². The molecule has 1 amide bonds. The number of aliphatic hydroxyl groups is 1. The molecule has 124 valence electrons. The van der Waals surface area contributed by atoms with Gasteiger partial charge in [0.25, 0.3) is 0 Å². The molecule has 5 nitrogen and oxygen atoms in total. The summed E-state index contributed by atoms with van der Waals surface area (Å²) in [5.41, 5.74) is 2.66. The van der Waals surface area contributed by atoms with Gasteiger partial charge >= 0.3 is 7.12 Å². The van der Waals surface area contributed by atoms with E-state index in [-0.39, 0.29) is 24.2 Å². The lowest BCUT2D eigenvalue weighted by Gasteiger charge is -2.32. The Kier molecular flexibility index (Phi) is 4.03. The van der Waals surface area contributed by atoms with E-state index in [1.807, 2.05) is 39.8 Å². The number of hydrogen-bond acceptors (Lipinski definition) is 4. The van der Waals surface area contributed by atoms with Gasteiger partial charge in [-0.3, -0.25) is 4.79 Å². The molecule has 23 heavy (non-hydrogen) atoms. The van der Waals surface area contributed by atoms with Gasteiger partial charge in [-0.2, -0.15) is 0 Å². The molecule has 0 aromatic heterocycles. The van der Waals surface area contributed by atoms with E-state index in [2.05, 4.69) is 6.07 Å². The van der Waals surface area contributed by atoms with Crippen LogP contribution >= 0.6 is 0 Å². The van der Waals surface area contributed by atoms with Gasteiger partial charge in [0, 0.05) is 13.1 Å². The first kappa shape index (κ1) is 16.5. The molecule has 1 aromatic carbocycles. The molecule has 2 aliphatic heterocycles. The molecule has 0 bridgehead atoms. The van der Waals surface area contributed by atoms with Gasteiger partial charge in [0.15, 0.2) is 0 Å². The van der Waals surface area contributed by atoms with Crippen molar-refractivity contribution in [2.75, 3.05) is 13.2 Å². The second kappa shape index (κ2) is 5.62. The summed E-state index contributed by atoms with van der Waals surface area (Å²) in [5.74, 6) is -0.217. The normalized spacial score (nSPS) is 22.1. The molecule has 2 heterocycles. The van der Waals surface area contributed by atoms with Gasteiger partial charge in [-0.15, -0.1) is 0 Å². The zero-order chi connectivity index (χ0) is 16.8. The number of rotatable bonds is 2. The van der Waals surface area contributed by atoms with Crippen molar-refractivity contribution in [3.05, 3.63) is 29.3 Å². The Morgan fingerprint density at radius 3 is 2.48 bits per heavy atom. The number of nitrogens with zero attached hydrogens (tertiary/aromatic N) is 1. The Labute approximate surface area is 137 Å². The van der Waals surface area contributed by atoms with Crippen LogP contribution in [0.25, 0.3) is 0 Å². The SMILES string of the molecule is CC1(C)OB(c2ccc3c(c2)CCN(C(=O)CO)C3)OC1(C)C. The minimum absolute atomic E-state index is 0.217. The molecule has 6 heteroatoms. The van der Waals surface area contributed by atoms with Crippen molar-refractivity contribution < 1.29 is 19.2 Å². The predicted octanol–water partition coefficient (Wildman–Crippen LogP) is 0.863. The summed E-state index contributed by atoms with van der Waals surface area (Å²) in [6, 6.07) is 6.17. The van der Waals surface area contributed by atoms with Gasteiger partial charge in [0.1, 0.15) is 6.61 Å². The third-order valence-corrected chi connectivity index (χ3v) is 5.26. The Morgan fingerprint density at radius 2 is 1.87 bits per heavy atom. The summed E-state index contributed by atoms with van der Waals surface area (Å²) in [5, 5.41) is 9.00. The number of amides is 1. The Bertz CT molecular complexity index is 613. The van der Waals surface area contributed by atoms with E-state index in [0.717, 1.165) is 17.4 Å². The zero-order valence-corrected chi connectivity index (χ0v) is 14.3. The second-order valence-electron chi connectivity index (χ2n) is 7.34. The second-order valence-corrected chi connectivity index (χ2v) is 7.34. The maximum absolute atomic E-state index is 11.6. The summed E-state index contributed by atoms with van der Waals surface area (Å²) in [6.45, 7) is 8.94. The monoisotopic (exact) mass is 317 g/mol. The van der Waals surface area contributed by atoms with Crippen LogP contribution < -0.4 is 5.46 Å². The van der Waals surface area contributed by atoms with E-state index in [4.69, 9.17) is 14.4 Å². The molecule has 0 aliphatic carbocycles. The summed E-state index contributed by atoms with van der Waals surface area (Å²) < 4.78 is 12.2.